The summed E-state index contributed by atoms with van der Waals surface area (Å²) in [5, 5.41) is 0. The highest BCUT2D eigenvalue weighted by Gasteiger charge is 2.30. The molecule has 1 saturated carbocycles. The number of pyridine rings is 1. The van der Waals surface area contributed by atoms with Crippen LogP contribution in [0.15, 0.2) is 42.5 Å². The van der Waals surface area contributed by atoms with Gasteiger partial charge in [-0.1, -0.05) is 6.07 Å². The lowest BCUT2D eigenvalue weighted by molar-refractivity contribution is 0.283. The highest BCUT2D eigenvalue weighted by Crippen LogP contribution is 2.28. The summed E-state index contributed by atoms with van der Waals surface area (Å²) in [5.74, 6) is 1.82. The van der Waals surface area contributed by atoms with E-state index in [1.54, 1.807) is 12.1 Å². The quantitative estimate of drug-likeness (QED) is 0.856. The topological polar surface area (TPSA) is 28.6 Å². The summed E-state index contributed by atoms with van der Waals surface area (Å²) >= 11 is 0. The van der Waals surface area contributed by atoms with Crippen LogP contribution in [0.5, 0.6) is 11.6 Å². The normalized spacial score (nSPS) is 19.1. The molecule has 0 N–H and O–H groups in total. The SMILES string of the molecule is Fc1ccc(Oc2cccc(N3CCCN(C4CC4)CC3)n2)cc1. The van der Waals surface area contributed by atoms with Crippen molar-refractivity contribution < 1.29 is 9.13 Å². The van der Waals surface area contributed by atoms with Gasteiger partial charge in [0.05, 0.1) is 0 Å². The zero-order valence-electron chi connectivity index (χ0n) is 13.7. The predicted molar refractivity (Wildman–Crippen MR) is 92.1 cm³/mol. The number of halogens is 1. The smallest absolute Gasteiger partial charge is 0.221 e. The van der Waals surface area contributed by atoms with Gasteiger partial charge in [-0.2, -0.15) is 4.98 Å². The molecule has 0 atom stereocenters. The number of aromatic nitrogens is 1. The molecular weight excluding hydrogens is 305 g/mol. The number of benzene rings is 1. The van der Waals surface area contributed by atoms with Crippen LogP contribution < -0.4 is 9.64 Å². The summed E-state index contributed by atoms with van der Waals surface area (Å²) in [6.45, 7) is 4.32. The molecule has 2 aliphatic rings. The molecule has 0 unspecified atom stereocenters. The first-order valence-electron chi connectivity index (χ1n) is 8.67. The van der Waals surface area contributed by atoms with Gasteiger partial charge >= 0.3 is 0 Å². The maximum absolute atomic E-state index is 13.0. The molecule has 2 heterocycles. The van der Waals surface area contributed by atoms with Gasteiger partial charge in [0.2, 0.25) is 5.88 Å². The lowest BCUT2D eigenvalue weighted by atomic mass is 10.3. The van der Waals surface area contributed by atoms with Gasteiger partial charge in [0.15, 0.2) is 0 Å². The molecule has 1 aromatic heterocycles. The average Bonchev–Trinajstić information content (AvgIpc) is 3.43. The Morgan fingerprint density at radius 1 is 0.958 bits per heavy atom. The van der Waals surface area contributed by atoms with Crippen LogP contribution in [0.25, 0.3) is 0 Å². The molecule has 1 saturated heterocycles. The second kappa shape index (κ2) is 6.77. The Balaban J connectivity index is 1.44. The number of hydrogen-bond acceptors (Lipinski definition) is 4. The lowest BCUT2D eigenvalue weighted by Gasteiger charge is -2.23. The van der Waals surface area contributed by atoms with Crippen LogP contribution in [0, 0.1) is 5.82 Å². The molecule has 2 fully saturated rings. The van der Waals surface area contributed by atoms with Gasteiger partial charge in [-0.05, 0) is 49.6 Å². The Labute approximate surface area is 141 Å². The first kappa shape index (κ1) is 15.4. The zero-order valence-corrected chi connectivity index (χ0v) is 13.7. The van der Waals surface area contributed by atoms with E-state index < -0.39 is 0 Å². The molecule has 0 spiro atoms. The van der Waals surface area contributed by atoms with Crippen LogP contribution in [0.3, 0.4) is 0 Å². The summed E-state index contributed by atoms with van der Waals surface area (Å²) in [4.78, 5) is 9.58. The van der Waals surface area contributed by atoms with E-state index in [0.29, 0.717) is 11.6 Å². The van der Waals surface area contributed by atoms with Crippen molar-refractivity contribution in [3.63, 3.8) is 0 Å². The molecule has 2 aromatic rings. The van der Waals surface area contributed by atoms with Crippen LogP contribution >= 0.6 is 0 Å². The minimum absolute atomic E-state index is 0.270. The number of rotatable bonds is 4. The fourth-order valence-electron chi connectivity index (χ4n) is 3.23. The fraction of sp³-hybridized carbons (Fsp3) is 0.421. The average molecular weight is 327 g/mol. The van der Waals surface area contributed by atoms with Crippen molar-refractivity contribution in [2.24, 2.45) is 0 Å². The fourth-order valence-corrected chi connectivity index (χ4v) is 3.23. The lowest BCUT2D eigenvalue weighted by Crippen LogP contribution is -2.32. The van der Waals surface area contributed by atoms with Gasteiger partial charge in [-0.3, -0.25) is 4.90 Å². The van der Waals surface area contributed by atoms with Gasteiger partial charge in [0, 0.05) is 38.3 Å². The van der Waals surface area contributed by atoms with E-state index in [-0.39, 0.29) is 5.82 Å². The van der Waals surface area contributed by atoms with Crippen molar-refractivity contribution in [1.29, 1.82) is 0 Å². The van der Waals surface area contributed by atoms with Gasteiger partial charge in [0.1, 0.15) is 17.4 Å². The minimum atomic E-state index is -0.270. The van der Waals surface area contributed by atoms with Gasteiger partial charge in [-0.25, -0.2) is 4.39 Å². The highest BCUT2D eigenvalue weighted by molar-refractivity contribution is 5.42. The van der Waals surface area contributed by atoms with Crippen LogP contribution in [0.2, 0.25) is 0 Å². The molecule has 5 heteroatoms. The van der Waals surface area contributed by atoms with Gasteiger partial charge in [-0.15, -0.1) is 0 Å². The first-order chi connectivity index (χ1) is 11.8. The molecule has 0 radical (unpaired) electrons. The van der Waals surface area contributed by atoms with Gasteiger partial charge < -0.3 is 9.64 Å². The Morgan fingerprint density at radius 3 is 2.58 bits per heavy atom. The van der Waals surface area contributed by atoms with E-state index in [9.17, 15) is 4.39 Å². The molecule has 126 valence electrons. The van der Waals surface area contributed by atoms with Crippen molar-refractivity contribution in [2.75, 3.05) is 31.1 Å². The van der Waals surface area contributed by atoms with Crippen LogP contribution in [-0.2, 0) is 0 Å². The molecule has 1 aromatic carbocycles. The third kappa shape index (κ3) is 3.67. The number of ether oxygens (including phenoxy) is 1. The van der Waals surface area contributed by atoms with Crippen LogP contribution in [0.1, 0.15) is 19.3 Å². The monoisotopic (exact) mass is 327 g/mol. The van der Waals surface area contributed by atoms with E-state index in [1.165, 1.54) is 37.9 Å². The minimum Gasteiger partial charge on any atom is -0.439 e. The summed E-state index contributed by atoms with van der Waals surface area (Å²) in [6, 6.07) is 12.7. The van der Waals surface area contributed by atoms with Gasteiger partial charge in [0.25, 0.3) is 0 Å². The summed E-state index contributed by atoms with van der Waals surface area (Å²) in [5.41, 5.74) is 0. The summed E-state index contributed by atoms with van der Waals surface area (Å²) in [7, 11) is 0. The molecule has 4 rings (SSSR count). The molecule has 0 bridgehead atoms. The molecule has 24 heavy (non-hydrogen) atoms. The Kier molecular flexibility index (Phi) is 4.34. The van der Waals surface area contributed by atoms with Crippen LogP contribution in [-0.4, -0.2) is 42.1 Å². The van der Waals surface area contributed by atoms with Crippen molar-refractivity contribution in [3.8, 4) is 11.6 Å². The molecule has 0 amide bonds. The van der Waals surface area contributed by atoms with E-state index in [1.807, 2.05) is 18.2 Å². The van der Waals surface area contributed by atoms with E-state index >= 15 is 0 Å². The predicted octanol–water partition coefficient (Wildman–Crippen LogP) is 3.69. The van der Waals surface area contributed by atoms with E-state index in [4.69, 9.17) is 4.74 Å². The van der Waals surface area contributed by atoms with Crippen molar-refractivity contribution >= 4 is 5.82 Å². The number of hydrogen-bond donors (Lipinski definition) is 0. The molecule has 1 aliphatic carbocycles. The second-order valence-electron chi connectivity index (χ2n) is 6.50. The molecular formula is C19H22FN3O. The third-order valence-electron chi connectivity index (χ3n) is 4.66. The number of anilines is 1. The van der Waals surface area contributed by atoms with E-state index in [2.05, 4.69) is 14.8 Å². The molecule has 1 aliphatic heterocycles. The van der Waals surface area contributed by atoms with Crippen molar-refractivity contribution in [1.82, 2.24) is 9.88 Å². The molecule has 4 nitrogen and oxygen atoms in total. The summed E-state index contributed by atoms with van der Waals surface area (Å²) < 4.78 is 18.7. The van der Waals surface area contributed by atoms with Crippen molar-refractivity contribution in [2.45, 2.75) is 25.3 Å². The number of nitrogens with zero attached hydrogens (tertiary/aromatic N) is 3. The summed E-state index contributed by atoms with van der Waals surface area (Å²) in [6.07, 6.45) is 3.89. The Hall–Kier alpha value is -2.14. The van der Waals surface area contributed by atoms with Crippen LogP contribution in [0.4, 0.5) is 10.2 Å². The van der Waals surface area contributed by atoms with Crippen molar-refractivity contribution in [3.05, 3.63) is 48.3 Å². The second-order valence-corrected chi connectivity index (χ2v) is 6.50. The Morgan fingerprint density at radius 2 is 1.79 bits per heavy atom. The maximum Gasteiger partial charge on any atom is 0.221 e. The first-order valence-corrected chi connectivity index (χ1v) is 8.67. The standard InChI is InChI=1S/C19H22FN3O/c20-15-5-9-17(10-6-15)24-19-4-1-3-18(21-19)23-12-2-11-22(13-14-23)16-7-8-16/h1,3-6,9-10,16H,2,7-8,11-14H2. The zero-order chi connectivity index (χ0) is 16.4. The third-order valence-corrected chi connectivity index (χ3v) is 4.66. The maximum atomic E-state index is 13.0. The van der Waals surface area contributed by atoms with E-state index in [0.717, 1.165) is 31.5 Å². The highest BCUT2D eigenvalue weighted by atomic mass is 19.1. The Bertz CT molecular complexity index is 687. The largest absolute Gasteiger partial charge is 0.439 e.